The molecule has 0 aromatic rings. The van der Waals surface area contributed by atoms with Crippen LogP contribution in [0.4, 0.5) is 0 Å². The van der Waals surface area contributed by atoms with Gasteiger partial charge in [-0.15, -0.1) is 0 Å². The maximum Gasteiger partial charge on any atom is -0.0130 e. The van der Waals surface area contributed by atoms with E-state index in [-0.39, 0.29) is 0 Å². The molecule has 16 heavy (non-hydrogen) atoms. The lowest BCUT2D eigenvalue weighted by atomic mass is 9.85. The Labute approximate surface area is 96.1 Å². The first-order chi connectivity index (χ1) is 7.95. The van der Waals surface area contributed by atoms with E-state index in [2.05, 4.69) is 36.5 Å². The Morgan fingerprint density at radius 2 is 0.562 bits per heavy atom. The van der Waals surface area contributed by atoms with Gasteiger partial charge in [-0.2, -0.15) is 0 Å². The van der Waals surface area contributed by atoms with Crippen molar-refractivity contribution in [3.63, 3.8) is 0 Å². The van der Waals surface area contributed by atoms with Gasteiger partial charge in [-0.3, -0.25) is 0 Å². The lowest BCUT2D eigenvalue weighted by Crippen LogP contribution is -2.14. The largest absolute Gasteiger partial charge is 0.0842 e. The molecule has 6 rings (SSSR count). The molecule has 0 bridgehead atoms. The molecule has 0 N–H and O–H groups in total. The van der Waals surface area contributed by atoms with Crippen LogP contribution < -0.4 is 0 Å². The summed E-state index contributed by atoms with van der Waals surface area (Å²) in [6.07, 6.45) is 15.5. The second-order valence-electron chi connectivity index (χ2n) is 6.93. The highest BCUT2D eigenvalue weighted by atomic mass is 14.7. The van der Waals surface area contributed by atoms with E-state index in [4.69, 9.17) is 0 Å². The fourth-order valence-electron chi connectivity index (χ4n) is 6.93. The van der Waals surface area contributed by atoms with Crippen molar-refractivity contribution in [3.05, 3.63) is 36.5 Å². The van der Waals surface area contributed by atoms with Crippen LogP contribution in [0.2, 0.25) is 0 Å². The van der Waals surface area contributed by atoms with Crippen LogP contribution in [0.5, 0.6) is 0 Å². The van der Waals surface area contributed by atoms with E-state index in [1.807, 2.05) is 0 Å². The first-order valence-electron chi connectivity index (χ1n) is 7.00. The molecular weight excluding hydrogens is 192 g/mol. The van der Waals surface area contributed by atoms with E-state index in [1.165, 1.54) is 0 Å². The zero-order valence-electron chi connectivity index (χ0n) is 9.24. The van der Waals surface area contributed by atoms with Crippen LogP contribution in [-0.2, 0) is 0 Å². The maximum absolute atomic E-state index is 2.59. The van der Waals surface area contributed by atoms with Gasteiger partial charge in [0.1, 0.15) is 0 Å². The van der Waals surface area contributed by atoms with E-state index in [9.17, 15) is 0 Å². The minimum Gasteiger partial charge on any atom is -0.0842 e. The molecule has 3 saturated carbocycles. The summed E-state index contributed by atoms with van der Waals surface area (Å²) in [4.78, 5) is 0. The van der Waals surface area contributed by atoms with Gasteiger partial charge in [0.2, 0.25) is 0 Å². The summed E-state index contributed by atoms with van der Waals surface area (Å²) < 4.78 is 0. The lowest BCUT2D eigenvalue weighted by Gasteiger charge is -2.18. The average Bonchev–Trinajstić information content (AvgIpc) is 2.97. The fourth-order valence-corrected chi connectivity index (χ4v) is 6.93. The van der Waals surface area contributed by atoms with E-state index >= 15 is 0 Å². The molecule has 0 nitrogen and oxygen atoms in total. The van der Waals surface area contributed by atoms with Gasteiger partial charge in [0, 0.05) is 0 Å². The maximum atomic E-state index is 2.59. The molecule has 0 amide bonds. The molecule has 0 spiro atoms. The fraction of sp³-hybridized carbons (Fsp3) is 0.625. The second-order valence-corrected chi connectivity index (χ2v) is 6.93. The first-order valence-corrected chi connectivity index (χ1v) is 7.00. The van der Waals surface area contributed by atoms with Crippen LogP contribution in [0, 0.1) is 59.2 Å². The molecule has 0 aromatic heterocycles. The monoisotopic (exact) mass is 208 g/mol. The lowest BCUT2D eigenvalue weighted by molar-refractivity contribution is 0.318. The molecular formula is C16H16. The summed E-state index contributed by atoms with van der Waals surface area (Å²) in [5.74, 6) is 9.82. The predicted octanol–water partition coefficient (Wildman–Crippen LogP) is 2.90. The Morgan fingerprint density at radius 1 is 0.312 bits per heavy atom. The smallest absolute Gasteiger partial charge is 0.0130 e. The molecule has 6 aliphatic rings. The Bertz CT molecular complexity index is 375. The van der Waals surface area contributed by atoms with Crippen molar-refractivity contribution in [3.8, 4) is 0 Å². The number of fused-ring (bicyclic) bond motifs is 3. The van der Waals surface area contributed by atoms with Crippen molar-refractivity contribution in [2.75, 3.05) is 0 Å². The highest BCUT2D eigenvalue weighted by molar-refractivity contribution is 5.37. The quantitative estimate of drug-likeness (QED) is 0.537. The molecule has 0 atom stereocenters. The van der Waals surface area contributed by atoms with Gasteiger partial charge >= 0.3 is 0 Å². The van der Waals surface area contributed by atoms with Crippen molar-refractivity contribution in [2.45, 2.75) is 0 Å². The van der Waals surface area contributed by atoms with Gasteiger partial charge in [0.05, 0.1) is 0 Å². The van der Waals surface area contributed by atoms with Gasteiger partial charge in [-0.05, 0) is 59.2 Å². The SMILES string of the molecule is C1=CC2C3C=CC4C5C=CC6C1C2C(C65)C34. The van der Waals surface area contributed by atoms with Gasteiger partial charge in [0.25, 0.3) is 0 Å². The third kappa shape index (κ3) is 0.510. The van der Waals surface area contributed by atoms with Crippen LogP contribution in [-0.4, -0.2) is 0 Å². The molecule has 0 aromatic carbocycles. The Morgan fingerprint density at radius 3 is 0.812 bits per heavy atom. The van der Waals surface area contributed by atoms with Crippen LogP contribution in [0.1, 0.15) is 0 Å². The molecule has 0 radical (unpaired) electrons. The number of allylic oxidation sites excluding steroid dienone is 6. The summed E-state index contributed by atoms with van der Waals surface area (Å²) in [6, 6.07) is 0. The van der Waals surface area contributed by atoms with Crippen LogP contribution in [0.15, 0.2) is 36.5 Å². The molecule has 0 heterocycles. The summed E-state index contributed by atoms with van der Waals surface area (Å²) in [6.45, 7) is 0. The van der Waals surface area contributed by atoms with Crippen molar-refractivity contribution in [1.29, 1.82) is 0 Å². The minimum absolute atomic E-state index is 0.932. The van der Waals surface area contributed by atoms with Gasteiger partial charge in [-0.25, -0.2) is 0 Å². The summed E-state index contributed by atoms with van der Waals surface area (Å²) in [5, 5.41) is 0. The van der Waals surface area contributed by atoms with Crippen LogP contribution in [0.25, 0.3) is 0 Å². The zero-order chi connectivity index (χ0) is 10.0. The van der Waals surface area contributed by atoms with Crippen molar-refractivity contribution in [2.24, 2.45) is 59.2 Å². The topological polar surface area (TPSA) is 0 Å². The van der Waals surface area contributed by atoms with E-state index in [0.717, 1.165) is 59.2 Å². The third-order valence-corrected chi connectivity index (χ3v) is 7.00. The molecule has 0 aliphatic heterocycles. The molecule has 3 fully saturated rings. The van der Waals surface area contributed by atoms with Crippen LogP contribution in [0.3, 0.4) is 0 Å². The van der Waals surface area contributed by atoms with Crippen LogP contribution >= 0.6 is 0 Å². The molecule has 0 unspecified atom stereocenters. The molecule has 6 aliphatic carbocycles. The number of rotatable bonds is 0. The summed E-state index contributed by atoms with van der Waals surface area (Å²) >= 11 is 0. The van der Waals surface area contributed by atoms with Crippen molar-refractivity contribution in [1.82, 2.24) is 0 Å². The third-order valence-electron chi connectivity index (χ3n) is 7.00. The highest BCUT2D eigenvalue weighted by Gasteiger charge is 2.71. The summed E-state index contributed by atoms with van der Waals surface area (Å²) in [7, 11) is 0. The minimum atomic E-state index is 0.932. The van der Waals surface area contributed by atoms with E-state index in [1.54, 1.807) is 0 Å². The standard InChI is InChI=1S/C16H16/c1-2-8-10-5-6-12-11-4-3-9-7(1)13(8)16(14(9)11)15(10)12/h1-16H. The van der Waals surface area contributed by atoms with E-state index in [0.29, 0.717) is 0 Å². The van der Waals surface area contributed by atoms with Gasteiger partial charge in [-0.1, -0.05) is 36.5 Å². The molecule has 0 heteroatoms. The number of hydrogen-bond donors (Lipinski definition) is 0. The van der Waals surface area contributed by atoms with Crippen molar-refractivity contribution >= 4 is 0 Å². The predicted molar refractivity (Wildman–Crippen MR) is 62.3 cm³/mol. The molecule has 80 valence electrons. The summed E-state index contributed by atoms with van der Waals surface area (Å²) in [5.41, 5.74) is 0. The average molecular weight is 208 g/mol. The Hall–Kier alpha value is -0.780. The second kappa shape index (κ2) is 2.00. The zero-order valence-corrected chi connectivity index (χ0v) is 9.24. The van der Waals surface area contributed by atoms with Gasteiger partial charge in [0.15, 0.2) is 0 Å². The molecule has 0 saturated heterocycles. The highest BCUT2D eigenvalue weighted by Crippen LogP contribution is 2.75. The normalized spacial score (nSPS) is 73.5. The number of hydrogen-bond acceptors (Lipinski definition) is 0. The Kier molecular flexibility index (Phi) is 0.943. The Balaban J connectivity index is 1.71. The van der Waals surface area contributed by atoms with Gasteiger partial charge < -0.3 is 0 Å². The first kappa shape index (κ1) is 7.53. The van der Waals surface area contributed by atoms with Crippen molar-refractivity contribution < 1.29 is 0 Å². The van der Waals surface area contributed by atoms with E-state index < -0.39 is 0 Å².